The minimum absolute atomic E-state index is 0.412. The summed E-state index contributed by atoms with van der Waals surface area (Å²) in [5.74, 6) is 0.465. The van der Waals surface area contributed by atoms with Crippen LogP contribution in [0.3, 0.4) is 0 Å². The van der Waals surface area contributed by atoms with Crippen LogP contribution >= 0.6 is 0 Å². The molecule has 0 bridgehead atoms. The van der Waals surface area contributed by atoms with Gasteiger partial charge in [-0.2, -0.15) is 5.26 Å². The Bertz CT molecular complexity index is 858. The van der Waals surface area contributed by atoms with Gasteiger partial charge in [-0.1, -0.05) is 76.3 Å². The highest BCUT2D eigenvalue weighted by atomic mass is 19.1. The van der Waals surface area contributed by atoms with Crippen molar-refractivity contribution in [3.05, 3.63) is 53.7 Å². The standard InChI is InChI=1S/C30H41FN2/c1-3-5-7-8-9-24-11-16-29(33-22-24)27-14-12-25(13-15-27)26-17-19-30(23-32,20-18-26)21-28(31)10-6-4-2/h11-16,22,26,28H,3-10,17-21H2,1-2H3/t26?,28-,30?/m0/s1. The number of halogens is 1. The number of unbranched alkanes of at least 4 members (excludes halogenated alkanes) is 4. The number of hydrogen-bond acceptors (Lipinski definition) is 2. The van der Waals surface area contributed by atoms with Crippen LogP contribution in [0.1, 0.15) is 108 Å². The third kappa shape index (κ3) is 7.39. The van der Waals surface area contributed by atoms with Crippen LogP contribution in [0.25, 0.3) is 11.3 Å². The van der Waals surface area contributed by atoms with Gasteiger partial charge in [0, 0.05) is 11.8 Å². The molecule has 0 unspecified atom stereocenters. The first kappa shape index (κ1) is 25.4. The van der Waals surface area contributed by atoms with Crippen LogP contribution in [-0.2, 0) is 6.42 Å². The molecule has 1 saturated carbocycles. The summed E-state index contributed by atoms with van der Waals surface area (Å²) in [7, 11) is 0. The molecule has 1 aromatic heterocycles. The summed E-state index contributed by atoms with van der Waals surface area (Å²) in [4.78, 5) is 4.70. The van der Waals surface area contributed by atoms with Gasteiger partial charge < -0.3 is 0 Å². The molecule has 0 amide bonds. The number of nitriles is 1. The number of nitrogens with zero attached hydrogens (tertiary/aromatic N) is 2. The van der Waals surface area contributed by atoms with Crippen LogP contribution in [-0.4, -0.2) is 11.2 Å². The first-order valence-electron chi connectivity index (χ1n) is 13.2. The summed E-state index contributed by atoms with van der Waals surface area (Å²) in [5, 5.41) is 9.80. The Morgan fingerprint density at radius 2 is 1.73 bits per heavy atom. The molecule has 33 heavy (non-hydrogen) atoms. The fraction of sp³-hybridized carbons (Fsp3) is 0.600. The molecular weight excluding hydrogens is 407 g/mol. The second kappa shape index (κ2) is 12.9. The first-order valence-corrected chi connectivity index (χ1v) is 13.2. The topological polar surface area (TPSA) is 36.7 Å². The Labute approximate surface area is 200 Å². The molecule has 0 saturated heterocycles. The van der Waals surface area contributed by atoms with Gasteiger partial charge in [0.2, 0.25) is 0 Å². The lowest BCUT2D eigenvalue weighted by Gasteiger charge is -2.36. The zero-order valence-corrected chi connectivity index (χ0v) is 20.7. The maximum atomic E-state index is 14.4. The van der Waals surface area contributed by atoms with Crippen molar-refractivity contribution < 1.29 is 4.39 Å². The van der Waals surface area contributed by atoms with E-state index in [9.17, 15) is 9.65 Å². The lowest BCUT2D eigenvalue weighted by molar-refractivity contribution is 0.158. The highest BCUT2D eigenvalue weighted by Gasteiger charge is 2.37. The molecule has 0 radical (unpaired) electrons. The van der Waals surface area contributed by atoms with Gasteiger partial charge in [0.1, 0.15) is 6.17 Å². The molecular formula is C30H41FN2. The SMILES string of the molecule is CCCCCCc1ccc(-c2ccc(C3CCC(C#N)(C[C@@H](F)CCCC)CC3)cc2)nc1. The highest BCUT2D eigenvalue weighted by Crippen LogP contribution is 2.46. The largest absolute Gasteiger partial charge is 0.256 e. The molecule has 1 aliphatic rings. The summed E-state index contributed by atoms with van der Waals surface area (Å²) < 4.78 is 14.4. The maximum absolute atomic E-state index is 14.4. The van der Waals surface area contributed by atoms with Crippen molar-refractivity contribution in [1.82, 2.24) is 4.98 Å². The van der Waals surface area contributed by atoms with E-state index in [4.69, 9.17) is 4.98 Å². The molecule has 1 heterocycles. The van der Waals surface area contributed by atoms with Crippen LogP contribution in [0.5, 0.6) is 0 Å². The molecule has 0 spiro atoms. The van der Waals surface area contributed by atoms with Crippen molar-refractivity contribution in [2.75, 3.05) is 0 Å². The normalized spacial score (nSPS) is 21.5. The van der Waals surface area contributed by atoms with Crippen LogP contribution in [0.15, 0.2) is 42.6 Å². The third-order valence-corrected chi connectivity index (χ3v) is 7.48. The fourth-order valence-electron chi connectivity index (χ4n) is 5.24. The minimum Gasteiger partial charge on any atom is -0.256 e. The highest BCUT2D eigenvalue weighted by molar-refractivity contribution is 5.59. The zero-order valence-electron chi connectivity index (χ0n) is 20.7. The van der Waals surface area contributed by atoms with Crippen molar-refractivity contribution in [2.45, 2.75) is 109 Å². The second-order valence-corrected chi connectivity index (χ2v) is 10.1. The smallest absolute Gasteiger partial charge is 0.102 e. The molecule has 3 rings (SSSR count). The first-order chi connectivity index (χ1) is 16.1. The van der Waals surface area contributed by atoms with Crippen LogP contribution in [0, 0.1) is 16.7 Å². The van der Waals surface area contributed by atoms with Crippen molar-refractivity contribution in [1.29, 1.82) is 5.26 Å². The predicted molar refractivity (Wildman–Crippen MR) is 136 cm³/mol. The number of aryl methyl sites for hydroxylation is 1. The van der Waals surface area contributed by atoms with E-state index in [0.717, 1.165) is 56.2 Å². The van der Waals surface area contributed by atoms with E-state index in [2.05, 4.69) is 56.3 Å². The predicted octanol–water partition coefficient (Wildman–Crippen LogP) is 8.96. The van der Waals surface area contributed by atoms with Gasteiger partial charge in [0.05, 0.1) is 17.2 Å². The van der Waals surface area contributed by atoms with Gasteiger partial charge in [0.25, 0.3) is 0 Å². The molecule has 2 nitrogen and oxygen atoms in total. The fourth-order valence-corrected chi connectivity index (χ4v) is 5.24. The van der Waals surface area contributed by atoms with Crippen molar-refractivity contribution in [3.63, 3.8) is 0 Å². The molecule has 178 valence electrons. The second-order valence-electron chi connectivity index (χ2n) is 10.1. The monoisotopic (exact) mass is 448 g/mol. The van der Waals surface area contributed by atoms with Gasteiger partial charge in [-0.05, 0) is 74.5 Å². The Hall–Kier alpha value is -2.21. The van der Waals surface area contributed by atoms with E-state index in [1.54, 1.807) is 0 Å². The molecule has 1 atom stereocenters. The van der Waals surface area contributed by atoms with Crippen molar-refractivity contribution >= 4 is 0 Å². The molecule has 1 fully saturated rings. The van der Waals surface area contributed by atoms with Crippen LogP contribution in [0.4, 0.5) is 4.39 Å². The summed E-state index contributed by atoms with van der Waals surface area (Å²) in [6.45, 7) is 4.33. The van der Waals surface area contributed by atoms with E-state index in [1.165, 1.54) is 36.8 Å². The van der Waals surface area contributed by atoms with Gasteiger partial charge in [0.15, 0.2) is 0 Å². The number of rotatable bonds is 12. The summed E-state index contributed by atoms with van der Waals surface area (Å²) in [6, 6.07) is 15.6. The van der Waals surface area contributed by atoms with E-state index < -0.39 is 11.6 Å². The Balaban J connectivity index is 1.54. The minimum atomic E-state index is -0.837. The Morgan fingerprint density at radius 3 is 2.33 bits per heavy atom. The van der Waals surface area contributed by atoms with E-state index in [0.29, 0.717) is 18.8 Å². The number of benzene rings is 1. The van der Waals surface area contributed by atoms with Gasteiger partial charge >= 0.3 is 0 Å². The van der Waals surface area contributed by atoms with Gasteiger partial charge in [-0.3, -0.25) is 4.98 Å². The molecule has 3 heteroatoms. The maximum Gasteiger partial charge on any atom is 0.102 e. The van der Waals surface area contributed by atoms with E-state index >= 15 is 0 Å². The summed E-state index contributed by atoms with van der Waals surface area (Å²) >= 11 is 0. The summed E-state index contributed by atoms with van der Waals surface area (Å²) in [6.07, 6.45) is 13.9. The number of pyridine rings is 1. The third-order valence-electron chi connectivity index (χ3n) is 7.48. The van der Waals surface area contributed by atoms with Crippen LogP contribution < -0.4 is 0 Å². The molecule has 1 aromatic carbocycles. The average Bonchev–Trinajstić information content (AvgIpc) is 2.86. The Morgan fingerprint density at radius 1 is 1.00 bits per heavy atom. The molecule has 0 aliphatic heterocycles. The van der Waals surface area contributed by atoms with Crippen LogP contribution in [0.2, 0.25) is 0 Å². The molecule has 1 aliphatic carbocycles. The van der Waals surface area contributed by atoms with E-state index in [1.807, 2.05) is 6.20 Å². The number of hydrogen-bond donors (Lipinski definition) is 0. The van der Waals surface area contributed by atoms with Crippen molar-refractivity contribution in [3.8, 4) is 17.3 Å². The Kier molecular flexibility index (Phi) is 9.92. The van der Waals surface area contributed by atoms with Crippen molar-refractivity contribution in [2.24, 2.45) is 5.41 Å². The lowest BCUT2D eigenvalue weighted by atomic mass is 9.67. The van der Waals surface area contributed by atoms with Gasteiger partial charge in [-0.25, -0.2) is 4.39 Å². The number of aromatic nitrogens is 1. The van der Waals surface area contributed by atoms with E-state index in [-0.39, 0.29) is 0 Å². The zero-order chi connectivity index (χ0) is 23.5. The average molecular weight is 449 g/mol. The summed E-state index contributed by atoms with van der Waals surface area (Å²) in [5.41, 5.74) is 4.36. The molecule has 0 N–H and O–H groups in total. The number of alkyl halides is 1. The lowest BCUT2D eigenvalue weighted by Crippen LogP contribution is -2.28. The van der Waals surface area contributed by atoms with Gasteiger partial charge in [-0.15, -0.1) is 0 Å². The molecule has 2 aromatic rings. The quantitative estimate of drug-likeness (QED) is 0.304.